The highest BCUT2D eigenvalue weighted by Crippen LogP contribution is 2.26. The van der Waals surface area contributed by atoms with E-state index in [4.69, 9.17) is 0 Å². The molecule has 0 unspecified atom stereocenters. The quantitative estimate of drug-likeness (QED) is 0.779. The molecule has 1 saturated heterocycles. The van der Waals surface area contributed by atoms with Crippen molar-refractivity contribution in [2.75, 3.05) is 26.2 Å². The van der Waals surface area contributed by atoms with Gasteiger partial charge in [0.15, 0.2) is 0 Å². The van der Waals surface area contributed by atoms with Gasteiger partial charge in [-0.25, -0.2) is 0 Å². The Morgan fingerprint density at radius 3 is 2.21 bits per heavy atom. The van der Waals surface area contributed by atoms with E-state index in [-0.39, 0.29) is 0 Å². The molecule has 2 aliphatic rings. The van der Waals surface area contributed by atoms with Crippen LogP contribution in [0.1, 0.15) is 51.9 Å². The maximum atomic E-state index is 12.4. The molecule has 1 saturated carbocycles. The summed E-state index contributed by atoms with van der Waals surface area (Å²) in [6.45, 7) is 10.1. The number of carbonyl (C=O) groups excluding carboxylic acids is 1. The molecule has 1 heterocycles. The van der Waals surface area contributed by atoms with Gasteiger partial charge in [0.05, 0.1) is 0 Å². The van der Waals surface area contributed by atoms with Crippen molar-refractivity contribution in [2.24, 2.45) is 5.92 Å². The Labute approximate surface area is 117 Å². The lowest BCUT2D eigenvalue weighted by Gasteiger charge is -2.39. The summed E-state index contributed by atoms with van der Waals surface area (Å²) in [4.78, 5) is 16.9. The Hall–Kier alpha value is -0.990. The summed E-state index contributed by atoms with van der Waals surface area (Å²) < 4.78 is 0. The molecule has 0 bridgehead atoms. The Morgan fingerprint density at radius 1 is 1.05 bits per heavy atom. The second kappa shape index (κ2) is 6.97. The third-order valence-corrected chi connectivity index (χ3v) is 4.53. The molecule has 2 rings (SSSR count). The van der Waals surface area contributed by atoms with Crippen LogP contribution >= 0.6 is 0 Å². The van der Waals surface area contributed by atoms with E-state index in [1.54, 1.807) is 0 Å². The minimum absolute atomic E-state index is 0.319. The monoisotopic (exact) mass is 264 g/mol. The lowest BCUT2D eigenvalue weighted by Crippen LogP contribution is -2.50. The highest BCUT2D eigenvalue weighted by molar-refractivity contribution is 5.79. The summed E-state index contributed by atoms with van der Waals surface area (Å²) in [6.07, 6.45) is 8.25. The first-order valence-electron chi connectivity index (χ1n) is 7.94. The molecular weight excluding hydrogens is 236 g/mol. The SMILES string of the molecule is C=C(CCC)N1CCN(C(=O)C2CCCCC2)CC1. The van der Waals surface area contributed by atoms with E-state index in [0.29, 0.717) is 11.8 Å². The van der Waals surface area contributed by atoms with E-state index >= 15 is 0 Å². The van der Waals surface area contributed by atoms with Gasteiger partial charge in [0.1, 0.15) is 0 Å². The maximum absolute atomic E-state index is 12.4. The predicted molar refractivity (Wildman–Crippen MR) is 78.8 cm³/mol. The van der Waals surface area contributed by atoms with Crippen molar-refractivity contribution in [3.8, 4) is 0 Å². The Kier molecular flexibility index (Phi) is 5.29. The zero-order valence-electron chi connectivity index (χ0n) is 12.4. The number of nitrogens with zero attached hydrogens (tertiary/aromatic N) is 2. The molecule has 0 aromatic rings. The standard InChI is InChI=1S/C16H28N2O/c1-3-7-14(2)17-10-12-18(13-11-17)16(19)15-8-5-4-6-9-15/h15H,2-13H2,1H3. The van der Waals surface area contributed by atoms with Crippen molar-refractivity contribution in [3.63, 3.8) is 0 Å². The average Bonchev–Trinajstić information content (AvgIpc) is 2.48. The summed E-state index contributed by atoms with van der Waals surface area (Å²) in [6, 6.07) is 0. The lowest BCUT2D eigenvalue weighted by molar-refractivity contribution is -0.138. The third-order valence-electron chi connectivity index (χ3n) is 4.53. The van der Waals surface area contributed by atoms with Crippen molar-refractivity contribution in [3.05, 3.63) is 12.3 Å². The van der Waals surface area contributed by atoms with Crippen LogP contribution in [0.5, 0.6) is 0 Å². The Balaban J connectivity index is 1.79. The summed E-state index contributed by atoms with van der Waals surface area (Å²) >= 11 is 0. The van der Waals surface area contributed by atoms with Crippen LogP contribution in [0.25, 0.3) is 0 Å². The molecule has 1 aliphatic heterocycles. The van der Waals surface area contributed by atoms with E-state index in [0.717, 1.165) is 51.9 Å². The van der Waals surface area contributed by atoms with Gasteiger partial charge in [-0.3, -0.25) is 4.79 Å². The molecule has 1 aliphatic carbocycles. The van der Waals surface area contributed by atoms with Gasteiger partial charge in [-0.05, 0) is 19.3 Å². The molecule has 0 radical (unpaired) electrons. The van der Waals surface area contributed by atoms with Crippen molar-refractivity contribution in [2.45, 2.75) is 51.9 Å². The number of rotatable bonds is 4. The van der Waals surface area contributed by atoms with Gasteiger partial charge >= 0.3 is 0 Å². The highest BCUT2D eigenvalue weighted by atomic mass is 16.2. The van der Waals surface area contributed by atoms with Crippen LogP contribution in [0, 0.1) is 5.92 Å². The van der Waals surface area contributed by atoms with Gasteiger partial charge < -0.3 is 9.80 Å². The normalized spacial score (nSPS) is 21.5. The lowest BCUT2D eigenvalue weighted by atomic mass is 9.88. The molecule has 108 valence electrons. The summed E-state index contributed by atoms with van der Waals surface area (Å²) in [5.41, 5.74) is 1.24. The van der Waals surface area contributed by atoms with E-state index in [1.165, 1.54) is 25.0 Å². The first kappa shape index (κ1) is 14.4. The summed E-state index contributed by atoms with van der Waals surface area (Å²) in [7, 11) is 0. The van der Waals surface area contributed by atoms with Gasteiger partial charge in [0.25, 0.3) is 0 Å². The number of hydrogen-bond donors (Lipinski definition) is 0. The fourth-order valence-corrected chi connectivity index (χ4v) is 3.30. The van der Waals surface area contributed by atoms with Crippen molar-refractivity contribution in [1.29, 1.82) is 0 Å². The van der Waals surface area contributed by atoms with Gasteiger partial charge in [-0.1, -0.05) is 39.2 Å². The topological polar surface area (TPSA) is 23.6 Å². The zero-order chi connectivity index (χ0) is 13.7. The number of hydrogen-bond acceptors (Lipinski definition) is 2. The second-order valence-electron chi connectivity index (χ2n) is 5.96. The molecule has 0 aromatic carbocycles. The van der Waals surface area contributed by atoms with Gasteiger partial charge in [0, 0.05) is 37.8 Å². The average molecular weight is 264 g/mol. The number of carbonyl (C=O) groups is 1. The molecule has 0 atom stereocenters. The van der Waals surface area contributed by atoms with Crippen LogP contribution < -0.4 is 0 Å². The van der Waals surface area contributed by atoms with Crippen molar-refractivity contribution in [1.82, 2.24) is 9.80 Å². The fourth-order valence-electron chi connectivity index (χ4n) is 3.30. The Morgan fingerprint density at radius 2 is 1.63 bits per heavy atom. The van der Waals surface area contributed by atoms with E-state index in [2.05, 4.69) is 23.3 Å². The van der Waals surface area contributed by atoms with Crippen LogP contribution in [0.4, 0.5) is 0 Å². The van der Waals surface area contributed by atoms with Crippen molar-refractivity contribution < 1.29 is 4.79 Å². The molecular formula is C16H28N2O. The van der Waals surface area contributed by atoms with Crippen LogP contribution in [0.3, 0.4) is 0 Å². The first-order chi connectivity index (χ1) is 9.22. The van der Waals surface area contributed by atoms with Gasteiger partial charge in [-0.15, -0.1) is 0 Å². The van der Waals surface area contributed by atoms with E-state index in [1.807, 2.05) is 0 Å². The number of amides is 1. The van der Waals surface area contributed by atoms with Gasteiger partial charge in [-0.2, -0.15) is 0 Å². The third kappa shape index (κ3) is 3.74. The van der Waals surface area contributed by atoms with Crippen LogP contribution in [0.2, 0.25) is 0 Å². The largest absolute Gasteiger partial charge is 0.372 e. The summed E-state index contributed by atoms with van der Waals surface area (Å²) in [5.74, 6) is 0.736. The zero-order valence-corrected chi connectivity index (χ0v) is 12.4. The highest BCUT2D eigenvalue weighted by Gasteiger charge is 2.28. The van der Waals surface area contributed by atoms with Crippen molar-refractivity contribution >= 4 is 5.91 Å². The smallest absolute Gasteiger partial charge is 0.225 e. The molecule has 2 fully saturated rings. The van der Waals surface area contributed by atoms with Crippen LogP contribution in [-0.2, 0) is 4.79 Å². The van der Waals surface area contributed by atoms with E-state index in [9.17, 15) is 4.79 Å². The molecule has 3 heteroatoms. The molecule has 0 N–H and O–H groups in total. The summed E-state index contributed by atoms with van der Waals surface area (Å²) in [5, 5.41) is 0. The van der Waals surface area contributed by atoms with Crippen LogP contribution in [0.15, 0.2) is 12.3 Å². The molecule has 3 nitrogen and oxygen atoms in total. The van der Waals surface area contributed by atoms with Gasteiger partial charge in [0.2, 0.25) is 5.91 Å². The van der Waals surface area contributed by atoms with Crippen LogP contribution in [-0.4, -0.2) is 41.9 Å². The molecule has 0 aromatic heterocycles. The molecule has 19 heavy (non-hydrogen) atoms. The molecule has 1 amide bonds. The predicted octanol–water partition coefficient (Wildman–Crippen LogP) is 3.02. The number of allylic oxidation sites excluding steroid dienone is 1. The number of piperazine rings is 1. The molecule has 0 spiro atoms. The minimum Gasteiger partial charge on any atom is -0.372 e. The Bertz CT molecular complexity index is 313. The second-order valence-corrected chi connectivity index (χ2v) is 5.96. The van der Waals surface area contributed by atoms with E-state index < -0.39 is 0 Å². The first-order valence-corrected chi connectivity index (χ1v) is 7.94. The minimum atomic E-state index is 0.319. The fraction of sp³-hybridized carbons (Fsp3) is 0.812. The maximum Gasteiger partial charge on any atom is 0.225 e.